The Kier molecular flexibility index (Phi) is 11.9. The van der Waals surface area contributed by atoms with Gasteiger partial charge >= 0.3 is 18.0 Å². The number of ether oxygens (including phenoxy) is 2. The number of carbonyl (C=O) groups is 3. The van der Waals surface area contributed by atoms with Crippen molar-refractivity contribution in [1.82, 2.24) is 5.32 Å². The maximum Gasteiger partial charge on any atom is 0.407 e. The summed E-state index contributed by atoms with van der Waals surface area (Å²) in [6.07, 6.45) is -1.69. The predicted octanol–water partition coefficient (Wildman–Crippen LogP) is 5.28. The van der Waals surface area contributed by atoms with Crippen LogP contribution < -0.4 is 5.32 Å². The number of alkyl carbamates (subject to hydrolysis) is 1. The van der Waals surface area contributed by atoms with Gasteiger partial charge in [-0.3, -0.25) is 14.2 Å². The molecular weight excluding hydrogens is 509 g/mol. The largest absolute Gasteiger partial charge is 0.481 e. The number of amides is 1. The van der Waals surface area contributed by atoms with Crippen molar-refractivity contribution in [2.24, 2.45) is 5.92 Å². The van der Waals surface area contributed by atoms with Crippen LogP contribution in [0.1, 0.15) is 63.7 Å². The summed E-state index contributed by atoms with van der Waals surface area (Å²) in [5.41, 5.74) is 0.965. The first-order valence-corrected chi connectivity index (χ1v) is 13.3. The molecule has 0 aliphatic heterocycles. The number of nitrogens with one attached hydrogen (secondary N) is 1. The third-order valence-corrected chi connectivity index (χ3v) is 6.58. The number of carboxylic acid groups (broad SMARTS) is 1. The molecule has 3 N–H and O–H groups in total. The lowest BCUT2D eigenvalue weighted by Crippen LogP contribution is -2.40. The Morgan fingerprint density at radius 2 is 1.61 bits per heavy atom. The van der Waals surface area contributed by atoms with E-state index in [1.54, 1.807) is 20.8 Å². The standard InChI is InChI=1S/C28H36NO8P/c1-27(2,3)37-26(33)29-18-10-17-28(34,38-35)22(15-16-24(30)31)25(32)36-23(21-13-8-5-9-14-21)19-20-11-6-4-7-12-20/h4-9,11-14,22-23,34H,10,15-19H2,1-3H3,(H,29,33)(H,30,31). The number of carbonyl (C=O) groups excluding carboxylic acids is 2. The number of benzene rings is 2. The quantitative estimate of drug-likeness (QED) is 0.166. The second-order valence-corrected chi connectivity index (χ2v) is 11.0. The summed E-state index contributed by atoms with van der Waals surface area (Å²) in [5, 5.41) is 20.9. The summed E-state index contributed by atoms with van der Waals surface area (Å²) in [6.45, 7) is 5.26. The third kappa shape index (κ3) is 10.6. The van der Waals surface area contributed by atoms with Gasteiger partial charge in [0.1, 0.15) is 11.7 Å². The van der Waals surface area contributed by atoms with Gasteiger partial charge in [0.25, 0.3) is 0 Å². The van der Waals surface area contributed by atoms with Gasteiger partial charge < -0.3 is 25.0 Å². The Labute approximate surface area is 224 Å². The van der Waals surface area contributed by atoms with Crippen molar-refractivity contribution >= 4 is 26.5 Å². The van der Waals surface area contributed by atoms with E-state index in [1.165, 1.54) is 0 Å². The van der Waals surface area contributed by atoms with E-state index in [2.05, 4.69) is 5.32 Å². The fourth-order valence-electron chi connectivity index (χ4n) is 3.89. The number of hydrogen-bond acceptors (Lipinski definition) is 7. The molecule has 0 aliphatic carbocycles. The molecule has 0 saturated carbocycles. The topological polar surface area (TPSA) is 139 Å². The lowest BCUT2D eigenvalue weighted by Gasteiger charge is -2.30. The maximum absolute atomic E-state index is 13.4. The van der Waals surface area contributed by atoms with Gasteiger partial charge in [-0.1, -0.05) is 60.7 Å². The molecule has 9 nitrogen and oxygen atoms in total. The minimum absolute atomic E-state index is 0.0914. The van der Waals surface area contributed by atoms with Crippen LogP contribution in [-0.4, -0.2) is 45.7 Å². The van der Waals surface area contributed by atoms with E-state index in [0.717, 1.165) is 11.1 Å². The van der Waals surface area contributed by atoms with Crippen LogP contribution >= 0.6 is 8.46 Å². The lowest BCUT2D eigenvalue weighted by atomic mass is 9.92. The van der Waals surface area contributed by atoms with Crippen molar-refractivity contribution in [3.8, 4) is 0 Å². The minimum Gasteiger partial charge on any atom is -0.481 e. The Morgan fingerprint density at radius 3 is 2.16 bits per heavy atom. The van der Waals surface area contributed by atoms with Gasteiger partial charge in [-0.2, -0.15) is 0 Å². The van der Waals surface area contributed by atoms with Gasteiger partial charge in [-0.15, -0.1) is 0 Å². The first kappa shape index (κ1) is 30.9. The molecule has 0 saturated heterocycles. The van der Waals surface area contributed by atoms with E-state index in [9.17, 15) is 29.2 Å². The van der Waals surface area contributed by atoms with Gasteiger partial charge in [0.05, 0.1) is 5.92 Å². The highest BCUT2D eigenvalue weighted by molar-refractivity contribution is 7.25. The monoisotopic (exact) mass is 545 g/mol. The van der Waals surface area contributed by atoms with Crippen molar-refractivity contribution < 1.29 is 38.6 Å². The summed E-state index contributed by atoms with van der Waals surface area (Å²) < 4.78 is 23.2. The van der Waals surface area contributed by atoms with Crippen molar-refractivity contribution in [2.45, 2.75) is 69.9 Å². The minimum atomic E-state index is -2.09. The first-order chi connectivity index (χ1) is 17.9. The molecule has 2 rings (SSSR count). The number of carboxylic acids is 1. The van der Waals surface area contributed by atoms with E-state index in [-0.39, 0.29) is 25.8 Å². The molecule has 0 heterocycles. The summed E-state index contributed by atoms with van der Waals surface area (Å²) >= 11 is 0. The number of aliphatic carboxylic acids is 1. The molecule has 38 heavy (non-hydrogen) atoms. The van der Waals surface area contributed by atoms with E-state index < -0.39 is 55.9 Å². The van der Waals surface area contributed by atoms with Crippen LogP contribution in [0.15, 0.2) is 60.7 Å². The van der Waals surface area contributed by atoms with Crippen LogP contribution in [0.25, 0.3) is 0 Å². The van der Waals surface area contributed by atoms with Crippen molar-refractivity contribution in [2.75, 3.05) is 6.54 Å². The molecule has 0 bridgehead atoms. The third-order valence-electron chi connectivity index (χ3n) is 5.73. The number of esters is 1. The molecule has 0 fully saturated rings. The van der Waals surface area contributed by atoms with Crippen LogP contribution in [-0.2, 0) is 30.0 Å². The average molecular weight is 546 g/mol. The van der Waals surface area contributed by atoms with Gasteiger partial charge in [0, 0.05) is 19.4 Å². The van der Waals surface area contributed by atoms with Crippen molar-refractivity contribution in [1.29, 1.82) is 0 Å². The zero-order valence-corrected chi connectivity index (χ0v) is 22.9. The van der Waals surface area contributed by atoms with Crippen LogP contribution in [0, 0.1) is 5.92 Å². The molecule has 3 unspecified atom stereocenters. The highest BCUT2D eigenvalue weighted by Crippen LogP contribution is 2.38. The number of aliphatic hydroxyl groups is 1. The molecule has 0 radical (unpaired) electrons. The molecule has 3 atom stereocenters. The lowest BCUT2D eigenvalue weighted by molar-refractivity contribution is -0.161. The molecule has 2 aromatic rings. The van der Waals surface area contributed by atoms with E-state index in [0.29, 0.717) is 6.42 Å². The van der Waals surface area contributed by atoms with E-state index in [1.807, 2.05) is 60.7 Å². The smallest absolute Gasteiger partial charge is 0.407 e. The fourth-order valence-corrected chi connectivity index (χ4v) is 4.50. The second-order valence-electron chi connectivity index (χ2n) is 10.0. The number of hydrogen-bond donors (Lipinski definition) is 3. The summed E-state index contributed by atoms with van der Waals surface area (Å²) in [7, 11) is -0.748. The summed E-state index contributed by atoms with van der Waals surface area (Å²) in [6, 6.07) is 18.5. The predicted molar refractivity (Wildman–Crippen MR) is 142 cm³/mol. The molecule has 0 aromatic heterocycles. The van der Waals surface area contributed by atoms with Gasteiger partial charge in [0.2, 0.25) is 0 Å². The Bertz CT molecular complexity index is 1060. The summed E-state index contributed by atoms with van der Waals surface area (Å²) in [4.78, 5) is 36.6. The average Bonchev–Trinajstić information content (AvgIpc) is 2.86. The molecule has 206 valence electrons. The molecule has 0 spiro atoms. The number of rotatable bonds is 14. The zero-order chi connectivity index (χ0) is 28.2. The van der Waals surface area contributed by atoms with Crippen LogP contribution in [0.3, 0.4) is 0 Å². The van der Waals surface area contributed by atoms with Crippen LogP contribution in [0.5, 0.6) is 0 Å². The molecule has 2 aromatic carbocycles. The maximum atomic E-state index is 13.4. The van der Waals surface area contributed by atoms with Gasteiger partial charge in [-0.05, 0) is 51.2 Å². The molecule has 10 heteroatoms. The Balaban J connectivity index is 2.19. The SMILES string of the molecule is CC(C)(C)OC(=O)NCCCC(O)(P=O)C(CCC(=O)O)C(=O)OC(Cc1ccccc1)c1ccccc1. The highest BCUT2D eigenvalue weighted by Gasteiger charge is 2.44. The molecular formula is C28H36NO8P. The molecule has 0 aliphatic rings. The van der Waals surface area contributed by atoms with Crippen LogP contribution in [0.2, 0.25) is 0 Å². The molecule has 1 amide bonds. The van der Waals surface area contributed by atoms with Crippen LogP contribution in [0.4, 0.5) is 4.79 Å². The summed E-state index contributed by atoms with van der Waals surface area (Å²) in [5.74, 6) is -3.38. The van der Waals surface area contributed by atoms with Gasteiger partial charge in [-0.25, -0.2) is 4.79 Å². The fraction of sp³-hybridized carbons (Fsp3) is 0.464. The normalized spacial score (nSPS) is 14.6. The van der Waals surface area contributed by atoms with Crippen molar-refractivity contribution in [3.63, 3.8) is 0 Å². The van der Waals surface area contributed by atoms with Gasteiger partial charge in [0.15, 0.2) is 13.8 Å². The van der Waals surface area contributed by atoms with E-state index in [4.69, 9.17) is 9.47 Å². The first-order valence-electron chi connectivity index (χ1n) is 12.5. The zero-order valence-electron chi connectivity index (χ0n) is 22.0. The highest BCUT2D eigenvalue weighted by atomic mass is 31.1. The second kappa shape index (κ2) is 14.6. The van der Waals surface area contributed by atoms with Crippen molar-refractivity contribution in [3.05, 3.63) is 71.8 Å². The Hall–Kier alpha value is -3.29. The van der Waals surface area contributed by atoms with E-state index >= 15 is 0 Å². The Morgan fingerprint density at radius 1 is 1.00 bits per heavy atom.